The fraction of sp³-hybridized carbons (Fsp3) is 0.500. The topological polar surface area (TPSA) is 79.2 Å². The minimum absolute atomic E-state index is 0.167. The summed E-state index contributed by atoms with van der Waals surface area (Å²) < 4.78 is 45.3. The first-order chi connectivity index (χ1) is 9.73. The van der Waals surface area contributed by atoms with Crippen molar-refractivity contribution >= 4 is 10.0 Å². The van der Waals surface area contributed by atoms with E-state index in [0.29, 0.717) is 13.0 Å². The second-order valence-corrected chi connectivity index (χ2v) is 7.19. The van der Waals surface area contributed by atoms with E-state index in [1.807, 2.05) is 13.8 Å². The molecule has 21 heavy (non-hydrogen) atoms. The minimum Gasteiger partial charge on any atom is -0.385 e. The molecule has 0 bridgehead atoms. The van der Waals surface area contributed by atoms with Crippen LogP contribution in [-0.4, -0.2) is 28.7 Å². The summed E-state index contributed by atoms with van der Waals surface area (Å²) in [5, 5.41) is 8.91. The van der Waals surface area contributed by atoms with Crippen LogP contribution in [0.2, 0.25) is 0 Å². The van der Waals surface area contributed by atoms with E-state index in [2.05, 4.69) is 4.72 Å². The van der Waals surface area contributed by atoms with Gasteiger partial charge in [-0.1, -0.05) is 19.9 Å². The second kappa shape index (κ2) is 6.98. The summed E-state index contributed by atoms with van der Waals surface area (Å²) >= 11 is 0. The van der Waals surface area contributed by atoms with Crippen molar-refractivity contribution in [3.05, 3.63) is 29.6 Å². The van der Waals surface area contributed by atoms with Gasteiger partial charge in [0.05, 0.1) is 0 Å². The van der Waals surface area contributed by atoms with Crippen LogP contribution < -0.4 is 4.72 Å². The molecule has 0 saturated carbocycles. The quantitative estimate of drug-likeness (QED) is 0.835. The van der Waals surface area contributed by atoms with Gasteiger partial charge in [0.2, 0.25) is 10.0 Å². The van der Waals surface area contributed by atoms with Gasteiger partial charge in [0, 0.05) is 20.3 Å². The number of sulfonamides is 1. The van der Waals surface area contributed by atoms with Crippen LogP contribution in [0, 0.1) is 22.6 Å². The van der Waals surface area contributed by atoms with E-state index in [1.165, 1.54) is 12.1 Å². The molecule has 0 spiro atoms. The summed E-state index contributed by atoms with van der Waals surface area (Å²) in [5.74, 6) is -0.848. The molecule has 116 valence electrons. The number of halogens is 1. The molecule has 0 aromatic heterocycles. The number of nitrogens with one attached hydrogen (secondary N) is 1. The molecule has 7 heteroatoms. The molecule has 0 amide bonds. The second-order valence-electron chi connectivity index (χ2n) is 5.46. The average Bonchev–Trinajstić information content (AvgIpc) is 2.43. The maximum atomic E-state index is 13.5. The average molecular weight is 314 g/mol. The van der Waals surface area contributed by atoms with Gasteiger partial charge in [-0.25, -0.2) is 17.5 Å². The molecule has 1 rings (SSSR count). The van der Waals surface area contributed by atoms with E-state index in [4.69, 9.17) is 10.00 Å². The van der Waals surface area contributed by atoms with Crippen molar-refractivity contribution in [2.24, 2.45) is 5.41 Å². The van der Waals surface area contributed by atoms with Gasteiger partial charge in [0.25, 0.3) is 0 Å². The summed E-state index contributed by atoms with van der Waals surface area (Å²) in [6.45, 7) is 4.47. The van der Waals surface area contributed by atoms with E-state index in [9.17, 15) is 12.8 Å². The first kappa shape index (κ1) is 17.6. The van der Waals surface area contributed by atoms with Crippen LogP contribution in [0.1, 0.15) is 25.8 Å². The standard InChI is InChI=1S/C14H19FN2O3S/c1-14(2,7-8-20-3)10-17-21(18,19)13-6-4-5-12(15)11(13)9-16/h4-6,17H,7-8,10H2,1-3H3. The Bertz CT molecular complexity index is 636. The lowest BCUT2D eigenvalue weighted by Crippen LogP contribution is -2.35. The molecule has 0 radical (unpaired) electrons. The molecule has 0 saturated heterocycles. The first-order valence-corrected chi connectivity index (χ1v) is 7.89. The lowest BCUT2D eigenvalue weighted by atomic mass is 9.90. The zero-order valence-electron chi connectivity index (χ0n) is 12.3. The van der Waals surface area contributed by atoms with E-state index >= 15 is 0 Å². The SMILES string of the molecule is COCCC(C)(C)CNS(=O)(=O)c1cccc(F)c1C#N. The normalized spacial score (nSPS) is 12.1. The number of nitriles is 1. The lowest BCUT2D eigenvalue weighted by molar-refractivity contribution is 0.153. The Hall–Kier alpha value is -1.49. The molecular weight excluding hydrogens is 295 g/mol. The highest BCUT2D eigenvalue weighted by molar-refractivity contribution is 7.89. The van der Waals surface area contributed by atoms with Crippen LogP contribution >= 0.6 is 0 Å². The molecular formula is C14H19FN2O3S. The lowest BCUT2D eigenvalue weighted by Gasteiger charge is -2.24. The van der Waals surface area contributed by atoms with Crippen LogP contribution in [0.4, 0.5) is 4.39 Å². The van der Waals surface area contributed by atoms with Gasteiger partial charge in [-0.05, 0) is 24.0 Å². The number of benzene rings is 1. The smallest absolute Gasteiger partial charge is 0.242 e. The Labute approximate surface area is 124 Å². The van der Waals surface area contributed by atoms with E-state index in [-0.39, 0.29) is 16.9 Å². The molecule has 0 unspecified atom stereocenters. The number of hydrogen-bond donors (Lipinski definition) is 1. The van der Waals surface area contributed by atoms with Crippen LogP contribution in [0.15, 0.2) is 23.1 Å². The molecule has 0 aliphatic carbocycles. The van der Waals surface area contributed by atoms with Crippen molar-refractivity contribution in [2.75, 3.05) is 20.3 Å². The van der Waals surface area contributed by atoms with Crippen molar-refractivity contribution < 1.29 is 17.5 Å². The molecule has 0 aliphatic heterocycles. The summed E-state index contributed by atoms with van der Waals surface area (Å²) in [6.07, 6.45) is 0.667. The maximum absolute atomic E-state index is 13.5. The Balaban J connectivity index is 2.94. The van der Waals surface area contributed by atoms with Crippen molar-refractivity contribution in [1.29, 1.82) is 5.26 Å². The minimum atomic E-state index is -3.94. The number of ether oxygens (including phenoxy) is 1. The molecule has 0 heterocycles. The van der Waals surface area contributed by atoms with Crippen LogP contribution in [-0.2, 0) is 14.8 Å². The number of methoxy groups -OCH3 is 1. The van der Waals surface area contributed by atoms with Crippen LogP contribution in [0.25, 0.3) is 0 Å². The zero-order chi connectivity index (χ0) is 16.1. The number of hydrogen-bond acceptors (Lipinski definition) is 4. The number of rotatable bonds is 7. The molecule has 1 N–H and O–H groups in total. The zero-order valence-corrected chi connectivity index (χ0v) is 13.1. The molecule has 0 fully saturated rings. The molecule has 1 aromatic rings. The summed E-state index contributed by atoms with van der Waals surface area (Å²) in [6, 6.07) is 5.12. The summed E-state index contributed by atoms with van der Waals surface area (Å²) in [5.41, 5.74) is -0.789. The molecule has 1 aromatic carbocycles. The van der Waals surface area contributed by atoms with Crippen LogP contribution in [0.3, 0.4) is 0 Å². The monoisotopic (exact) mass is 314 g/mol. The Morgan fingerprint density at radius 2 is 2.10 bits per heavy atom. The maximum Gasteiger partial charge on any atom is 0.242 e. The summed E-state index contributed by atoms with van der Waals surface area (Å²) in [7, 11) is -2.36. The van der Waals surface area contributed by atoms with Crippen molar-refractivity contribution in [2.45, 2.75) is 25.2 Å². The molecule has 0 aliphatic rings. The van der Waals surface area contributed by atoms with E-state index in [1.54, 1.807) is 13.2 Å². The van der Waals surface area contributed by atoms with Crippen molar-refractivity contribution in [3.8, 4) is 6.07 Å². The van der Waals surface area contributed by atoms with Gasteiger partial charge < -0.3 is 4.74 Å². The van der Waals surface area contributed by atoms with Gasteiger partial charge in [0.1, 0.15) is 22.3 Å². The van der Waals surface area contributed by atoms with Gasteiger partial charge in [-0.3, -0.25) is 0 Å². The van der Waals surface area contributed by atoms with Gasteiger partial charge in [0.15, 0.2) is 0 Å². The molecule has 0 atom stereocenters. The first-order valence-electron chi connectivity index (χ1n) is 6.41. The predicted octanol–water partition coefficient (Wildman–Crippen LogP) is 2.04. The van der Waals surface area contributed by atoms with E-state index in [0.717, 1.165) is 6.07 Å². The Morgan fingerprint density at radius 3 is 2.67 bits per heavy atom. The predicted molar refractivity (Wildman–Crippen MR) is 76.6 cm³/mol. The number of nitrogens with zero attached hydrogens (tertiary/aromatic N) is 1. The Kier molecular flexibility index (Phi) is 5.84. The largest absolute Gasteiger partial charge is 0.385 e. The van der Waals surface area contributed by atoms with Crippen molar-refractivity contribution in [1.82, 2.24) is 4.72 Å². The Morgan fingerprint density at radius 1 is 1.43 bits per heavy atom. The van der Waals surface area contributed by atoms with Gasteiger partial charge >= 0.3 is 0 Å². The van der Waals surface area contributed by atoms with E-state index < -0.39 is 21.4 Å². The van der Waals surface area contributed by atoms with Gasteiger partial charge in [-0.2, -0.15) is 5.26 Å². The highest BCUT2D eigenvalue weighted by Gasteiger charge is 2.25. The fourth-order valence-corrected chi connectivity index (χ4v) is 3.08. The van der Waals surface area contributed by atoms with Crippen molar-refractivity contribution in [3.63, 3.8) is 0 Å². The third-order valence-electron chi connectivity index (χ3n) is 3.10. The highest BCUT2D eigenvalue weighted by Crippen LogP contribution is 2.22. The third-order valence-corrected chi connectivity index (χ3v) is 4.54. The third kappa shape index (κ3) is 4.77. The highest BCUT2D eigenvalue weighted by atomic mass is 32.2. The van der Waals surface area contributed by atoms with Crippen LogP contribution in [0.5, 0.6) is 0 Å². The summed E-state index contributed by atoms with van der Waals surface area (Å²) in [4.78, 5) is -0.340. The van der Waals surface area contributed by atoms with Gasteiger partial charge in [-0.15, -0.1) is 0 Å². The fourth-order valence-electron chi connectivity index (χ4n) is 1.67. The molecule has 5 nitrogen and oxygen atoms in total.